The highest BCUT2D eigenvalue weighted by atomic mass is 35.5. The summed E-state index contributed by atoms with van der Waals surface area (Å²) in [4.78, 5) is 6.90. The van der Waals surface area contributed by atoms with Crippen molar-refractivity contribution in [2.75, 3.05) is 0 Å². The lowest BCUT2D eigenvalue weighted by atomic mass is 10.1. The molecule has 0 unspecified atom stereocenters. The van der Waals surface area contributed by atoms with Crippen LogP contribution in [0.4, 0.5) is 0 Å². The Bertz CT molecular complexity index is 551. The topological polar surface area (TPSA) is 28.7 Å². The number of halogens is 2. The molecule has 0 saturated carbocycles. The molecular weight excluding hydrogens is 251 g/mol. The zero-order valence-corrected chi connectivity index (χ0v) is 9.83. The minimum absolute atomic E-state index is 0.519. The van der Waals surface area contributed by atoms with Crippen LogP contribution in [0.25, 0.3) is 11.3 Å². The highest BCUT2D eigenvalue weighted by Crippen LogP contribution is 2.27. The quantitative estimate of drug-likeness (QED) is 0.778. The monoisotopic (exact) mass is 256 g/mol. The molecule has 0 saturated heterocycles. The Balaban J connectivity index is 2.55. The second kappa shape index (κ2) is 4.31. The Morgan fingerprint density at radius 3 is 2.60 bits per heavy atom. The second-order valence-corrected chi connectivity index (χ2v) is 4.16. The summed E-state index contributed by atoms with van der Waals surface area (Å²) in [7, 11) is 0. The molecule has 2 rings (SSSR count). The fourth-order valence-electron chi connectivity index (χ4n) is 1.20. The molecular formula is C10H6Cl2N2S. The number of aromatic amines is 1. The van der Waals surface area contributed by atoms with Crippen molar-refractivity contribution < 1.29 is 0 Å². The van der Waals surface area contributed by atoms with E-state index in [0.717, 1.165) is 11.3 Å². The van der Waals surface area contributed by atoms with Gasteiger partial charge in [-0.05, 0) is 23.8 Å². The first-order valence-corrected chi connectivity index (χ1v) is 5.33. The number of aromatic nitrogens is 2. The van der Waals surface area contributed by atoms with Crippen LogP contribution in [0.5, 0.6) is 0 Å². The molecule has 0 fully saturated rings. The van der Waals surface area contributed by atoms with Gasteiger partial charge in [0.1, 0.15) is 4.64 Å². The summed E-state index contributed by atoms with van der Waals surface area (Å²) in [6.45, 7) is 0. The van der Waals surface area contributed by atoms with Gasteiger partial charge in [0.05, 0.1) is 16.4 Å². The number of nitrogens with zero attached hydrogens (tertiary/aromatic N) is 1. The van der Waals surface area contributed by atoms with E-state index in [0.29, 0.717) is 14.7 Å². The molecule has 0 aliphatic heterocycles. The highest BCUT2D eigenvalue weighted by Gasteiger charge is 2.02. The Kier molecular flexibility index (Phi) is 3.05. The lowest BCUT2D eigenvalue weighted by Crippen LogP contribution is -1.85. The van der Waals surface area contributed by atoms with E-state index in [2.05, 4.69) is 9.97 Å². The van der Waals surface area contributed by atoms with Crippen LogP contribution in [0.3, 0.4) is 0 Å². The van der Waals surface area contributed by atoms with Gasteiger partial charge >= 0.3 is 0 Å². The molecule has 0 spiro atoms. The third-order valence-electron chi connectivity index (χ3n) is 1.91. The van der Waals surface area contributed by atoms with Crippen molar-refractivity contribution in [2.45, 2.75) is 0 Å². The summed E-state index contributed by atoms with van der Waals surface area (Å²) in [5.41, 5.74) is 1.80. The molecule has 1 N–H and O–H groups in total. The van der Waals surface area contributed by atoms with Crippen molar-refractivity contribution >= 4 is 35.4 Å². The van der Waals surface area contributed by atoms with Gasteiger partial charge in [0.15, 0.2) is 0 Å². The molecule has 0 bridgehead atoms. The summed E-state index contributed by atoms with van der Waals surface area (Å²) in [5, 5.41) is 1.05. The maximum Gasteiger partial charge on any atom is 0.130 e. The van der Waals surface area contributed by atoms with Crippen molar-refractivity contribution in [3.05, 3.63) is 45.3 Å². The molecule has 15 heavy (non-hydrogen) atoms. The van der Waals surface area contributed by atoms with Gasteiger partial charge in [-0.2, -0.15) is 0 Å². The molecule has 1 aromatic heterocycles. The maximum absolute atomic E-state index is 5.92. The normalized spacial score (nSPS) is 10.3. The Labute approximate surface area is 102 Å². The van der Waals surface area contributed by atoms with Crippen LogP contribution >= 0.6 is 35.4 Å². The first-order valence-electron chi connectivity index (χ1n) is 4.17. The van der Waals surface area contributed by atoms with Gasteiger partial charge in [-0.3, -0.25) is 0 Å². The SMILES string of the molecule is S=c1cc(-c2ccc(Cl)c(Cl)c2)[nH]cn1. The van der Waals surface area contributed by atoms with Gasteiger partial charge in [-0.15, -0.1) is 0 Å². The number of hydrogen-bond donors (Lipinski definition) is 1. The number of nitrogens with one attached hydrogen (secondary N) is 1. The van der Waals surface area contributed by atoms with E-state index in [-0.39, 0.29) is 0 Å². The van der Waals surface area contributed by atoms with Gasteiger partial charge in [0.2, 0.25) is 0 Å². The molecule has 0 aliphatic rings. The Morgan fingerprint density at radius 1 is 1.13 bits per heavy atom. The molecule has 1 heterocycles. The van der Waals surface area contributed by atoms with Crippen LogP contribution < -0.4 is 0 Å². The predicted molar refractivity (Wildman–Crippen MR) is 64.9 cm³/mol. The summed E-state index contributed by atoms with van der Waals surface area (Å²) >= 11 is 16.7. The molecule has 0 aliphatic carbocycles. The summed E-state index contributed by atoms with van der Waals surface area (Å²) in [6, 6.07) is 7.17. The average Bonchev–Trinajstić information content (AvgIpc) is 2.22. The zero-order chi connectivity index (χ0) is 10.8. The fraction of sp³-hybridized carbons (Fsp3) is 0. The van der Waals surface area contributed by atoms with Crippen LogP contribution in [0.15, 0.2) is 30.6 Å². The zero-order valence-electron chi connectivity index (χ0n) is 7.50. The molecule has 2 nitrogen and oxygen atoms in total. The minimum Gasteiger partial charge on any atom is -0.346 e. The van der Waals surface area contributed by atoms with Crippen LogP contribution in [0, 0.1) is 4.64 Å². The molecule has 0 atom stereocenters. The predicted octanol–water partition coefficient (Wildman–Crippen LogP) is 4.11. The number of H-pyrrole nitrogens is 1. The number of benzene rings is 1. The first-order chi connectivity index (χ1) is 7.16. The summed E-state index contributed by atoms with van der Waals surface area (Å²) in [6.07, 6.45) is 1.56. The lowest BCUT2D eigenvalue weighted by Gasteiger charge is -2.02. The van der Waals surface area contributed by atoms with Gasteiger partial charge < -0.3 is 4.98 Å². The Hall–Kier alpha value is -0.900. The molecule has 0 amide bonds. The van der Waals surface area contributed by atoms with Crippen LogP contribution in [0.2, 0.25) is 10.0 Å². The van der Waals surface area contributed by atoms with Gasteiger partial charge in [-0.25, -0.2) is 4.98 Å². The first kappa shape index (κ1) is 10.6. The van der Waals surface area contributed by atoms with E-state index in [1.165, 1.54) is 0 Å². The van der Waals surface area contributed by atoms with E-state index in [1.54, 1.807) is 24.5 Å². The van der Waals surface area contributed by atoms with Crippen LogP contribution in [-0.4, -0.2) is 9.97 Å². The van der Waals surface area contributed by atoms with E-state index in [9.17, 15) is 0 Å². The smallest absolute Gasteiger partial charge is 0.130 e. The average molecular weight is 257 g/mol. The van der Waals surface area contributed by atoms with E-state index < -0.39 is 0 Å². The number of rotatable bonds is 1. The van der Waals surface area contributed by atoms with Crippen molar-refractivity contribution in [3.63, 3.8) is 0 Å². The second-order valence-electron chi connectivity index (χ2n) is 2.93. The summed E-state index contributed by atoms with van der Waals surface area (Å²) in [5.74, 6) is 0. The van der Waals surface area contributed by atoms with Crippen LogP contribution in [-0.2, 0) is 0 Å². The van der Waals surface area contributed by atoms with E-state index >= 15 is 0 Å². The highest BCUT2D eigenvalue weighted by molar-refractivity contribution is 7.71. The van der Waals surface area contributed by atoms with Crippen molar-refractivity contribution in [1.82, 2.24) is 9.97 Å². The lowest BCUT2D eigenvalue weighted by molar-refractivity contribution is 1.16. The number of hydrogen-bond acceptors (Lipinski definition) is 2. The van der Waals surface area contributed by atoms with E-state index in [4.69, 9.17) is 35.4 Å². The standard InChI is InChI=1S/C10H6Cl2N2S/c11-7-2-1-6(3-8(7)12)9-4-10(15)14-5-13-9/h1-5H,(H,13,14,15). The molecule has 5 heteroatoms. The largest absolute Gasteiger partial charge is 0.346 e. The van der Waals surface area contributed by atoms with Crippen LogP contribution in [0.1, 0.15) is 0 Å². The third kappa shape index (κ3) is 2.37. The van der Waals surface area contributed by atoms with Crippen molar-refractivity contribution in [3.8, 4) is 11.3 Å². The maximum atomic E-state index is 5.92. The molecule has 76 valence electrons. The molecule has 2 aromatic rings. The Morgan fingerprint density at radius 2 is 1.93 bits per heavy atom. The van der Waals surface area contributed by atoms with Crippen molar-refractivity contribution in [1.29, 1.82) is 0 Å². The van der Waals surface area contributed by atoms with E-state index in [1.807, 2.05) is 6.07 Å². The minimum atomic E-state index is 0.519. The fourth-order valence-corrected chi connectivity index (χ4v) is 1.67. The molecule has 0 radical (unpaired) electrons. The van der Waals surface area contributed by atoms with Gasteiger partial charge in [-0.1, -0.05) is 41.5 Å². The van der Waals surface area contributed by atoms with Crippen molar-refractivity contribution in [2.24, 2.45) is 0 Å². The third-order valence-corrected chi connectivity index (χ3v) is 2.87. The summed E-state index contributed by atoms with van der Waals surface area (Å²) < 4.78 is 0.537. The van der Waals surface area contributed by atoms with Gasteiger partial charge in [0, 0.05) is 5.69 Å². The van der Waals surface area contributed by atoms with Gasteiger partial charge in [0.25, 0.3) is 0 Å². The molecule has 1 aromatic carbocycles.